The number of nitrogens with zero attached hydrogens (tertiary/aromatic N) is 3. The zero-order valence-electron chi connectivity index (χ0n) is 17.9. The second-order valence-electron chi connectivity index (χ2n) is 8.62. The molecule has 2 aliphatic rings. The topological polar surface area (TPSA) is 63.3 Å². The maximum Gasteiger partial charge on any atom is 0.279 e. The average molecular weight is 464 g/mol. The van der Waals surface area contributed by atoms with Gasteiger partial charge < -0.3 is 10.6 Å². The quantitative estimate of drug-likeness (QED) is 0.497. The molecule has 168 valence electrons. The van der Waals surface area contributed by atoms with E-state index >= 15 is 0 Å². The lowest BCUT2D eigenvalue weighted by Crippen LogP contribution is -2.25. The minimum Gasteiger partial charge on any atom is -0.368 e. The molecule has 0 amide bonds. The van der Waals surface area contributed by atoms with Gasteiger partial charge in [-0.2, -0.15) is 0 Å². The van der Waals surface area contributed by atoms with Gasteiger partial charge >= 0.3 is 0 Å². The minimum atomic E-state index is -0.658. The summed E-state index contributed by atoms with van der Waals surface area (Å²) in [4.78, 5) is 21.3. The first-order chi connectivity index (χ1) is 16.0. The molecule has 8 heteroatoms. The molecule has 2 N–H and O–H groups in total. The number of rotatable bonds is 6. The van der Waals surface area contributed by atoms with Crippen molar-refractivity contribution in [3.8, 4) is 17.1 Å². The fourth-order valence-electron chi connectivity index (χ4n) is 4.23. The van der Waals surface area contributed by atoms with Crippen LogP contribution in [0.5, 0.6) is 0 Å². The lowest BCUT2D eigenvalue weighted by atomic mass is 10.1. The Morgan fingerprint density at radius 1 is 1.21 bits per heavy atom. The van der Waals surface area contributed by atoms with Gasteiger partial charge in [-0.15, -0.1) is 0 Å². The summed E-state index contributed by atoms with van der Waals surface area (Å²) in [6.45, 7) is 9.60. The van der Waals surface area contributed by atoms with E-state index in [-0.39, 0.29) is 22.4 Å². The van der Waals surface area contributed by atoms with E-state index in [1.807, 2.05) is 24.3 Å². The molecular formula is C25H23ClFN5O. The monoisotopic (exact) mass is 463 g/mol. The number of hydrogen-bond donors (Lipinski definition) is 2. The summed E-state index contributed by atoms with van der Waals surface area (Å²) in [5.74, 6) is 0.895. The van der Waals surface area contributed by atoms with Gasteiger partial charge in [-0.1, -0.05) is 35.9 Å². The van der Waals surface area contributed by atoms with E-state index in [0.29, 0.717) is 29.6 Å². The summed E-state index contributed by atoms with van der Waals surface area (Å²) in [6, 6.07) is 12.0. The van der Waals surface area contributed by atoms with Crippen molar-refractivity contribution >= 4 is 23.1 Å². The van der Waals surface area contributed by atoms with E-state index in [1.54, 1.807) is 6.07 Å². The maximum atomic E-state index is 14.5. The van der Waals surface area contributed by atoms with Gasteiger partial charge in [-0.05, 0) is 68.0 Å². The van der Waals surface area contributed by atoms with Crippen LogP contribution < -0.4 is 16.2 Å². The molecule has 0 bridgehead atoms. The van der Waals surface area contributed by atoms with Gasteiger partial charge in [0.2, 0.25) is 5.69 Å². The molecule has 0 spiro atoms. The first-order valence-corrected chi connectivity index (χ1v) is 11.5. The zero-order valence-corrected chi connectivity index (χ0v) is 18.7. The smallest absolute Gasteiger partial charge is 0.279 e. The predicted molar refractivity (Wildman–Crippen MR) is 128 cm³/mol. The average Bonchev–Trinajstić information content (AvgIpc) is 3.55. The van der Waals surface area contributed by atoms with Gasteiger partial charge in [0.1, 0.15) is 16.7 Å². The Bertz CT molecular complexity index is 1290. The highest BCUT2D eigenvalue weighted by Gasteiger charge is 2.24. The van der Waals surface area contributed by atoms with Crippen LogP contribution in [0.1, 0.15) is 30.7 Å². The van der Waals surface area contributed by atoms with E-state index in [0.717, 1.165) is 19.5 Å². The lowest BCUT2D eigenvalue weighted by Gasteiger charge is -2.18. The molecular weight excluding hydrogens is 441 g/mol. The van der Waals surface area contributed by atoms with Crippen LogP contribution in [0.15, 0.2) is 47.3 Å². The van der Waals surface area contributed by atoms with Crippen molar-refractivity contribution in [2.45, 2.75) is 25.2 Å². The predicted octanol–water partition coefficient (Wildman–Crippen LogP) is 5.14. The first-order valence-electron chi connectivity index (χ1n) is 11.1. The number of hydrogen-bond acceptors (Lipinski definition) is 4. The lowest BCUT2D eigenvalue weighted by molar-refractivity contribution is 0.614. The van der Waals surface area contributed by atoms with Crippen molar-refractivity contribution < 1.29 is 4.39 Å². The third kappa shape index (κ3) is 4.37. The molecule has 1 aromatic heterocycles. The standard InChI is InChI=1S/C25H23ClFN5O/c1-28-21-9-6-18(12-20(21)27)24-31-23(30-14-15-10-11-29-13-15)22(26)25(33)32(24)19-7-4-17(5-8-19)16-2-3-16/h4-9,12,15-16,29-30H,2-3,10-11,13-14H2/t15-/m1/s1. The Kier molecular flexibility index (Phi) is 5.88. The Hall–Kier alpha value is -3.21. The summed E-state index contributed by atoms with van der Waals surface area (Å²) < 4.78 is 15.9. The van der Waals surface area contributed by atoms with Gasteiger partial charge in [-0.3, -0.25) is 9.36 Å². The molecule has 1 saturated heterocycles. The van der Waals surface area contributed by atoms with Gasteiger partial charge in [0, 0.05) is 12.1 Å². The van der Waals surface area contributed by atoms with Crippen LogP contribution in [0.25, 0.3) is 21.9 Å². The maximum absolute atomic E-state index is 14.5. The molecule has 6 nitrogen and oxygen atoms in total. The van der Waals surface area contributed by atoms with Crippen LogP contribution in [0.4, 0.5) is 15.9 Å². The molecule has 1 aliphatic heterocycles. The molecule has 2 aromatic carbocycles. The van der Waals surface area contributed by atoms with Crippen LogP contribution in [0.2, 0.25) is 5.02 Å². The van der Waals surface area contributed by atoms with Crippen molar-refractivity contribution in [3.63, 3.8) is 0 Å². The van der Waals surface area contributed by atoms with Crippen LogP contribution in [-0.2, 0) is 0 Å². The second-order valence-corrected chi connectivity index (χ2v) is 9.00. The van der Waals surface area contributed by atoms with Crippen molar-refractivity contribution in [2.75, 3.05) is 25.0 Å². The van der Waals surface area contributed by atoms with Crippen LogP contribution in [0.3, 0.4) is 0 Å². The normalized spacial score (nSPS) is 17.7. The number of nitrogens with one attached hydrogen (secondary N) is 2. The second kappa shape index (κ2) is 8.97. The summed E-state index contributed by atoms with van der Waals surface area (Å²) in [5.41, 5.74) is 1.73. The SMILES string of the molecule is [C-]#[N+]c1ccc(-c2nc(NC[C@@H]3CCNC3)c(Cl)c(=O)n2-c2ccc(C3CC3)cc2)cc1F. The first kappa shape index (κ1) is 21.6. The fraction of sp³-hybridized carbons (Fsp3) is 0.320. The van der Waals surface area contributed by atoms with Gasteiger partial charge in [0.05, 0.1) is 12.3 Å². The Morgan fingerprint density at radius 3 is 2.64 bits per heavy atom. The number of halogens is 2. The van der Waals surface area contributed by atoms with Crippen LogP contribution in [-0.4, -0.2) is 29.2 Å². The summed E-state index contributed by atoms with van der Waals surface area (Å²) >= 11 is 6.48. The molecule has 33 heavy (non-hydrogen) atoms. The van der Waals surface area contributed by atoms with E-state index in [1.165, 1.54) is 35.1 Å². The third-order valence-corrected chi connectivity index (χ3v) is 6.62. The van der Waals surface area contributed by atoms with Crippen molar-refractivity contribution in [3.05, 3.63) is 80.6 Å². The number of benzene rings is 2. The van der Waals surface area contributed by atoms with E-state index in [4.69, 9.17) is 18.2 Å². The van der Waals surface area contributed by atoms with Gasteiger partial charge in [0.15, 0.2) is 5.82 Å². The highest BCUT2D eigenvalue weighted by Crippen LogP contribution is 2.40. The molecule has 2 fully saturated rings. The largest absolute Gasteiger partial charge is 0.368 e. The highest BCUT2D eigenvalue weighted by molar-refractivity contribution is 6.32. The van der Waals surface area contributed by atoms with Crippen LogP contribution in [0, 0.1) is 18.3 Å². The molecule has 1 aliphatic carbocycles. The van der Waals surface area contributed by atoms with E-state index < -0.39 is 11.4 Å². The highest BCUT2D eigenvalue weighted by atomic mass is 35.5. The Morgan fingerprint density at radius 2 is 2.00 bits per heavy atom. The number of aromatic nitrogens is 2. The van der Waals surface area contributed by atoms with Crippen molar-refractivity contribution in [1.82, 2.24) is 14.9 Å². The minimum absolute atomic E-state index is 0.00535. The molecule has 1 saturated carbocycles. The molecule has 0 radical (unpaired) electrons. The zero-order chi connectivity index (χ0) is 22.9. The number of anilines is 1. The summed E-state index contributed by atoms with van der Waals surface area (Å²) in [6.07, 6.45) is 3.40. The van der Waals surface area contributed by atoms with E-state index in [2.05, 4.69) is 20.5 Å². The van der Waals surface area contributed by atoms with Gasteiger partial charge in [-0.25, -0.2) is 14.2 Å². The Balaban J connectivity index is 1.61. The molecule has 2 heterocycles. The molecule has 3 aromatic rings. The van der Waals surface area contributed by atoms with E-state index in [9.17, 15) is 9.18 Å². The third-order valence-electron chi connectivity index (χ3n) is 6.28. The molecule has 5 rings (SSSR count). The fourth-order valence-corrected chi connectivity index (χ4v) is 4.42. The van der Waals surface area contributed by atoms with Gasteiger partial charge in [0.25, 0.3) is 5.56 Å². The molecule has 1 atom stereocenters. The summed E-state index contributed by atoms with van der Waals surface area (Å²) in [5, 5.41) is 6.52. The summed E-state index contributed by atoms with van der Waals surface area (Å²) in [7, 11) is 0. The Labute approximate surface area is 196 Å². The van der Waals surface area contributed by atoms with Crippen molar-refractivity contribution in [1.29, 1.82) is 0 Å². The van der Waals surface area contributed by atoms with Crippen molar-refractivity contribution in [2.24, 2.45) is 5.92 Å². The van der Waals surface area contributed by atoms with Crippen LogP contribution >= 0.6 is 11.6 Å². The molecule has 0 unspecified atom stereocenters.